The predicted octanol–water partition coefficient (Wildman–Crippen LogP) is 2.63. The minimum Gasteiger partial charge on any atom is -0.299 e. The van der Waals surface area contributed by atoms with Gasteiger partial charge in [0, 0.05) is 19.7 Å². The van der Waals surface area contributed by atoms with E-state index in [0.29, 0.717) is 24.3 Å². The lowest BCUT2D eigenvalue weighted by Gasteiger charge is -2.36. The lowest BCUT2D eigenvalue weighted by molar-refractivity contribution is -0.124. The van der Waals surface area contributed by atoms with E-state index in [1.54, 1.807) is 24.1 Å². The Kier molecular flexibility index (Phi) is 3.61. The van der Waals surface area contributed by atoms with Crippen molar-refractivity contribution in [3.63, 3.8) is 0 Å². The van der Waals surface area contributed by atoms with E-state index >= 15 is 0 Å². The molecule has 0 radical (unpaired) electrons. The van der Waals surface area contributed by atoms with Crippen molar-refractivity contribution in [2.75, 3.05) is 0 Å². The average molecular weight is 262 g/mol. The number of carbonyl (C=O) groups is 2. The SMILES string of the molecule is Cn1cc(C(=O)C2CC(C(C)(C)C)CCC2=O)cn1. The first kappa shape index (κ1) is 14.0. The van der Waals surface area contributed by atoms with Gasteiger partial charge in [-0.25, -0.2) is 0 Å². The fraction of sp³-hybridized carbons (Fsp3) is 0.667. The third-order valence-corrected chi connectivity index (χ3v) is 4.18. The van der Waals surface area contributed by atoms with Crippen molar-refractivity contribution >= 4 is 11.6 Å². The molecule has 1 heterocycles. The van der Waals surface area contributed by atoms with Gasteiger partial charge in [-0.2, -0.15) is 5.10 Å². The molecule has 0 N–H and O–H groups in total. The molecule has 2 unspecified atom stereocenters. The first-order valence-electron chi connectivity index (χ1n) is 6.84. The Morgan fingerprint density at radius 1 is 1.42 bits per heavy atom. The van der Waals surface area contributed by atoms with E-state index < -0.39 is 5.92 Å². The average Bonchev–Trinajstić information content (AvgIpc) is 2.74. The van der Waals surface area contributed by atoms with Crippen LogP contribution in [0.5, 0.6) is 0 Å². The Bertz CT molecular complexity index is 496. The largest absolute Gasteiger partial charge is 0.299 e. The van der Waals surface area contributed by atoms with Crippen molar-refractivity contribution in [3.05, 3.63) is 18.0 Å². The molecular weight excluding hydrogens is 240 g/mol. The van der Waals surface area contributed by atoms with Crippen LogP contribution in [-0.4, -0.2) is 21.3 Å². The molecule has 0 saturated heterocycles. The van der Waals surface area contributed by atoms with Crippen molar-refractivity contribution in [1.82, 2.24) is 9.78 Å². The van der Waals surface area contributed by atoms with Crippen LogP contribution in [0.4, 0.5) is 0 Å². The monoisotopic (exact) mass is 262 g/mol. The van der Waals surface area contributed by atoms with Crippen molar-refractivity contribution in [3.8, 4) is 0 Å². The summed E-state index contributed by atoms with van der Waals surface area (Å²) >= 11 is 0. The maximum atomic E-state index is 12.4. The Labute approximate surface area is 114 Å². The van der Waals surface area contributed by atoms with Gasteiger partial charge in [-0.1, -0.05) is 20.8 Å². The van der Waals surface area contributed by atoms with E-state index in [4.69, 9.17) is 0 Å². The maximum absolute atomic E-state index is 12.4. The molecule has 0 aromatic carbocycles. The predicted molar refractivity (Wildman–Crippen MR) is 72.8 cm³/mol. The number of aromatic nitrogens is 2. The molecule has 104 valence electrons. The topological polar surface area (TPSA) is 52.0 Å². The second-order valence-corrected chi connectivity index (χ2v) is 6.62. The fourth-order valence-corrected chi connectivity index (χ4v) is 2.81. The van der Waals surface area contributed by atoms with Gasteiger partial charge in [0.2, 0.25) is 0 Å². The van der Waals surface area contributed by atoms with Gasteiger partial charge in [0.05, 0.1) is 17.7 Å². The highest BCUT2D eigenvalue weighted by Gasteiger charge is 2.38. The van der Waals surface area contributed by atoms with Gasteiger partial charge in [-0.3, -0.25) is 14.3 Å². The minimum atomic E-state index is -0.470. The molecule has 0 aliphatic heterocycles. The molecule has 1 aliphatic rings. The molecule has 1 aromatic heterocycles. The normalized spacial score (nSPS) is 24.5. The number of nitrogens with zero attached hydrogens (tertiary/aromatic N) is 2. The van der Waals surface area contributed by atoms with Gasteiger partial charge >= 0.3 is 0 Å². The highest BCUT2D eigenvalue weighted by atomic mass is 16.2. The van der Waals surface area contributed by atoms with Gasteiger partial charge in [0.25, 0.3) is 0 Å². The number of Topliss-reactive ketones (excluding diaryl/α,β-unsaturated/α-hetero) is 2. The first-order chi connectivity index (χ1) is 8.79. The Hall–Kier alpha value is -1.45. The molecule has 19 heavy (non-hydrogen) atoms. The zero-order valence-electron chi connectivity index (χ0n) is 12.1. The molecule has 0 bridgehead atoms. The molecule has 1 saturated carbocycles. The molecular formula is C15H22N2O2. The fourth-order valence-electron chi connectivity index (χ4n) is 2.81. The van der Waals surface area contributed by atoms with Crippen molar-refractivity contribution < 1.29 is 9.59 Å². The number of ketones is 2. The Morgan fingerprint density at radius 3 is 2.63 bits per heavy atom. The quantitative estimate of drug-likeness (QED) is 0.608. The zero-order chi connectivity index (χ0) is 14.2. The van der Waals surface area contributed by atoms with E-state index in [2.05, 4.69) is 25.9 Å². The second kappa shape index (κ2) is 4.91. The number of hydrogen-bond acceptors (Lipinski definition) is 3. The van der Waals surface area contributed by atoms with Gasteiger partial charge < -0.3 is 0 Å². The van der Waals surface area contributed by atoms with Gasteiger partial charge in [-0.15, -0.1) is 0 Å². The summed E-state index contributed by atoms with van der Waals surface area (Å²) in [5, 5.41) is 4.01. The van der Waals surface area contributed by atoms with Crippen molar-refractivity contribution in [1.29, 1.82) is 0 Å². The molecule has 1 aromatic rings. The van der Waals surface area contributed by atoms with Crippen LogP contribution in [0.3, 0.4) is 0 Å². The third-order valence-electron chi connectivity index (χ3n) is 4.18. The summed E-state index contributed by atoms with van der Waals surface area (Å²) in [6, 6.07) is 0. The van der Waals surface area contributed by atoms with Crippen LogP contribution in [0.2, 0.25) is 0 Å². The third kappa shape index (κ3) is 2.94. The standard InChI is InChI=1S/C15H22N2O2/c1-15(2,3)11-5-6-13(18)12(7-11)14(19)10-8-16-17(4)9-10/h8-9,11-12H,5-7H2,1-4H3. The summed E-state index contributed by atoms with van der Waals surface area (Å²) < 4.78 is 1.60. The number of carbonyl (C=O) groups excluding carboxylic acids is 2. The molecule has 1 fully saturated rings. The highest BCUT2D eigenvalue weighted by Crippen LogP contribution is 2.39. The van der Waals surface area contributed by atoms with E-state index in [1.165, 1.54) is 0 Å². The van der Waals surface area contributed by atoms with Crippen LogP contribution in [0, 0.1) is 17.3 Å². The van der Waals surface area contributed by atoms with Crippen LogP contribution in [0.1, 0.15) is 50.4 Å². The molecule has 4 heteroatoms. The Balaban J connectivity index is 2.18. The molecule has 0 spiro atoms. The highest BCUT2D eigenvalue weighted by molar-refractivity contribution is 6.10. The van der Waals surface area contributed by atoms with Crippen LogP contribution in [0.15, 0.2) is 12.4 Å². The number of aryl methyl sites for hydroxylation is 1. The molecule has 4 nitrogen and oxygen atoms in total. The number of rotatable bonds is 2. The first-order valence-corrected chi connectivity index (χ1v) is 6.84. The summed E-state index contributed by atoms with van der Waals surface area (Å²) in [6.07, 6.45) is 5.35. The van der Waals surface area contributed by atoms with Crippen LogP contribution in [-0.2, 0) is 11.8 Å². The molecule has 1 aliphatic carbocycles. The molecule has 2 atom stereocenters. The van der Waals surface area contributed by atoms with E-state index in [-0.39, 0.29) is 17.0 Å². The van der Waals surface area contributed by atoms with E-state index in [9.17, 15) is 9.59 Å². The second-order valence-electron chi connectivity index (χ2n) is 6.62. The smallest absolute Gasteiger partial charge is 0.176 e. The summed E-state index contributed by atoms with van der Waals surface area (Å²) in [4.78, 5) is 24.5. The molecule has 0 amide bonds. The number of hydrogen-bond donors (Lipinski definition) is 0. The minimum absolute atomic E-state index is 0.0629. The summed E-state index contributed by atoms with van der Waals surface area (Å²) in [6.45, 7) is 6.54. The van der Waals surface area contributed by atoms with Gasteiger partial charge in [0.1, 0.15) is 5.78 Å². The van der Waals surface area contributed by atoms with E-state index in [1.807, 2.05) is 0 Å². The maximum Gasteiger partial charge on any atom is 0.176 e. The summed E-state index contributed by atoms with van der Waals surface area (Å²) in [5.74, 6) is -0.0144. The summed E-state index contributed by atoms with van der Waals surface area (Å²) in [5.41, 5.74) is 0.698. The molecule has 2 rings (SSSR count). The van der Waals surface area contributed by atoms with Crippen molar-refractivity contribution in [2.24, 2.45) is 24.3 Å². The lowest BCUT2D eigenvalue weighted by Crippen LogP contribution is -2.36. The van der Waals surface area contributed by atoms with E-state index in [0.717, 1.165) is 6.42 Å². The summed E-state index contributed by atoms with van der Waals surface area (Å²) in [7, 11) is 1.78. The van der Waals surface area contributed by atoms with Crippen molar-refractivity contribution in [2.45, 2.75) is 40.0 Å². The van der Waals surface area contributed by atoms with Crippen LogP contribution >= 0.6 is 0 Å². The van der Waals surface area contributed by atoms with Gasteiger partial charge in [0.15, 0.2) is 5.78 Å². The van der Waals surface area contributed by atoms with Crippen LogP contribution in [0.25, 0.3) is 0 Å². The zero-order valence-corrected chi connectivity index (χ0v) is 12.1. The lowest BCUT2D eigenvalue weighted by atomic mass is 9.67. The van der Waals surface area contributed by atoms with Crippen LogP contribution < -0.4 is 0 Å². The van der Waals surface area contributed by atoms with Gasteiger partial charge in [-0.05, 0) is 24.2 Å². The Morgan fingerprint density at radius 2 is 2.11 bits per heavy atom.